The molecule has 0 saturated heterocycles. The number of hydrogen-bond donors (Lipinski definition) is 1. The molecule has 4 rings (SSSR count). The van der Waals surface area contributed by atoms with Gasteiger partial charge in [0, 0.05) is 23.3 Å². The largest absolute Gasteiger partial charge is 0.321 e. The summed E-state index contributed by atoms with van der Waals surface area (Å²) in [6, 6.07) is 9.55. The Bertz CT molecular complexity index is 1010. The standard InChI is InChI=1S/C16H10N4OS/c21-15-11(7-10-3-1-2-4-12(10)19-15)14-9-22-16(20-14)13-8-17-5-6-18-13/h1-9H,(H,19,21). The molecule has 0 amide bonds. The van der Waals surface area contributed by atoms with E-state index in [0.29, 0.717) is 17.0 Å². The lowest BCUT2D eigenvalue weighted by atomic mass is 10.1. The maximum Gasteiger partial charge on any atom is 0.257 e. The lowest BCUT2D eigenvalue weighted by molar-refractivity contribution is 1.19. The van der Waals surface area contributed by atoms with Crippen LogP contribution < -0.4 is 5.56 Å². The Balaban J connectivity index is 1.84. The molecule has 0 aliphatic heterocycles. The highest BCUT2D eigenvalue weighted by molar-refractivity contribution is 7.13. The molecule has 106 valence electrons. The molecule has 22 heavy (non-hydrogen) atoms. The number of H-pyrrole nitrogens is 1. The number of hydrogen-bond acceptors (Lipinski definition) is 5. The van der Waals surface area contributed by atoms with Gasteiger partial charge in [0.25, 0.3) is 5.56 Å². The number of benzene rings is 1. The molecular formula is C16H10N4OS. The molecule has 0 radical (unpaired) electrons. The van der Waals surface area contributed by atoms with Crippen molar-refractivity contribution in [1.29, 1.82) is 0 Å². The second kappa shape index (κ2) is 5.16. The Morgan fingerprint density at radius 3 is 2.86 bits per heavy atom. The van der Waals surface area contributed by atoms with Crippen LogP contribution >= 0.6 is 11.3 Å². The Labute approximate surface area is 129 Å². The smallest absolute Gasteiger partial charge is 0.257 e. The van der Waals surface area contributed by atoms with Crippen LogP contribution in [0.1, 0.15) is 0 Å². The summed E-state index contributed by atoms with van der Waals surface area (Å²) in [7, 11) is 0. The fraction of sp³-hybridized carbons (Fsp3) is 0. The molecule has 3 aromatic heterocycles. The van der Waals surface area contributed by atoms with E-state index >= 15 is 0 Å². The monoisotopic (exact) mass is 306 g/mol. The molecule has 0 unspecified atom stereocenters. The van der Waals surface area contributed by atoms with Crippen LogP contribution in [0, 0.1) is 0 Å². The zero-order valence-corrected chi connectivity index (χ0v) is 12.2. The molecule has 0 aliphatic carbocycles. The lowest BCUT2D eigenvalue weighted by Crippen LogP contribution is -2.08. The average molecular weight is 306 g/mol. The van der Waals surface area contributed by atoms with Crippen LogP contribution in [0.4, 0.5) is 0 Å². The number of fused-ring (bicyclic) bond motifs is 1. The summed E-state index contributed by atoms with van der Waals surface area (Å²) in [4.78, 5) is 27.9. The van der Waals surface area contributed by atoms with Gasteiger partial charge in [-0.25, -0.2) is 4.98 Å². The fourth-order valence-electron chi connectivity index (χ4n) is 2.26. The van der Waals surface area contributed by atoms with Crippen LogP contribution in [0.25, 0.3) is 32.9 Å². The SMILES string of the molecule is O=c1[nH]c2ccccc2cc1-c1csc(-c2cnccn2)n1. The van der Waals surface area contributed by atoms with Gasteiger partial charge in [-0.1, -0.05) is 18.2 Å². The highest BCUT2D eigenvalue weighted by Crippen LogP contribution is 2.26. The van der Waals surface area contributed by atoms with Crippen LogP contribution in [0.15, 0.2) is 59.1 Å². The lowest BCUT2D eigenvalue weighted by Gasteiger charge is -2.00. The molecule has 0 aliphatic rings. The second-order valence-electron chi connectivity index (χ2n) is 4.73. The topological polar surface area (TPSA) is 71.5 Å². The highest BCUT2D eigenvalue weighted by atomic mass is 32.1. The van der Waals surface area contributed by atoms with E-state index in [1.165, 1.54) is 11.3 Å². The van der Waals surface area contributed by atoms with Gasteiger partial charge in [0.15, 0.2) is 0 Å². The average Bonchev–Trinajstić information content (AvgIpc) is 3.05. The van der Waals surface area contributed by atoms with Gasteiger partial charge in [-0.05, 0) is 17.5 Å². The van der Waals surface area contributed by atoms with Crippen LogP contribution in [-0.4, -0.2) is 19.9 Å². The third-order valence-electron chi connectivity index (χ3n) is 3.32. The number of pyridine rings is 1. The first-order chi connectivity index (χ1) is 10.8. The van der Waals surface area contributed by atoms with Crippen molar-refractivity contribution in [3.05, 3.63) is 64.7 Å². The van der Waals surface area contributed by atoms with E-state index in [2.05, 4.69) is 19.9 Å². The summed E-state index contributed by atoms with van der Waals surface area (Å²) < 4.78 is 0. The van der Waals surface area contributed by atoms with Crippen LogP contribution in [0.3, 0.4) is 0 Å². The molecule has 5 nitrogen and oxygen atoms in total. The molecule has 1 N–H and O–H groups in total. The number of nitrogens with one attached hydrogen (secondary N) is 1. The normalized spacial score (nSPS) is 10.9. The van der Waals surface area contributed by atoms with Crippen molar-refractivity contribution in [3.63, 3.8) is 0 Å². The van der Waals surface area contributed by atoms with Crippen molar-refractivity contribution in [2.24, 2.45) is 0 Å². The molecule has 0 saturated carbocycles. The summed E-state index contributed by atoms with van der Waals surface area (Å²) in [5.74, 6) is 0. The minimum Gasteiger partial charge on any atom is -0.321 e. The number of para-hydroxylation sites is 1. The fourth-order valence-corrected chi connectivity index (χ4v) is 3.04. The summed E-state index contributed by atoms with van der Waals surface area (Å²) >= 11 is 1.45. The Hall–Kier alpha value is -2.86. The van der Waals surface area contributed by atoms with Crippen LogP contribution in [-0.2, 0) is 0 Å². The first kappa shape index (κ1) is 12.8. The van der Waals surface area contributed by atoms with E-state index < -0.39 is 0 Å². The van der Waals surface area contributed by atoms with Crippen molar-refractivity contribution in [1.82, 2.24) is 19.9 Å². The third kappa shape index (κ3) is 2.19. The zero-order valence-electron chi connectivity index (χ0n) is 11.4. The number of aromatic nitrogens is 4. The van der Waals surface area contributed by atoms with Gasteiger partial charge in [0.2, 0.25) is 0 Å². The minimum absolute atomic E-state index is 0.144. The minimum atomic E-state index is -0.144. The Kier molecular flexibility index (Phi) is 3.01. The summed E-state index contributed by atoms with van der Waals surface area (Å²) in [5.41, 5.74) is 2.59. The van der Waals surface area contributed by atoms with Gasteiger partial charge >= 0.3 is 0 Å². The number of thiazole rings is 1. The van der Waals surface area contributed by atoms with E-state index in [0.717, 1.165) is 15.9 Å². The summed E-state index contributed by atoms with van der Waals surface area (Å²) in [5, 5.41) is 3.59. The number of aromatic amines is 1. The molecule has 6 heteroatoms. The molecule has 0 atom stereocenters. The van der Waals surface area contributed by atoms with Crippen molar-refractivity contribution < 1.29 is 0 Å². The first-order valence-corrected chi connectivity index (χ1v) is 7.53. The van der Waals surface area contributed by atoms with Gasteiger partial charge in [-0.2, -0.15) is 0 Å². The number of nitrogens with zero attached hydrogens (tertiary/aromatic N) is 3. The summed E-state index contributed by atoms with van der Waals surface area (Å²) in [6.07, 6.45) is 4.90. The van der Waals surface area contributed by atoms with E-state index in [4.69, 9.17) is 0 Å². The third-order valence-corrected chi connectivity index (χ3v) is 4.18. The second-order valence-corrected chi connectivity index (χ2v) is 5.59. The van der Waals surface area contributed by atoms with Gasteiger partial charge < -0.3 is 4.98 Å². The Morgan fingerprint density at radius 1 is 1.09 bits per heavy atom. The first-order valence-electron chi connectivity index (χ1n) is 6.65. The Morgan fingerprint density at radius 2 is 2.00 bits per heavy atom. The highest BCUT2D eigenvalue weighted by Gasteiger charge is 2.11. The predicted molar refractivity (Wildman–Crippen MR) is 86.7 cm³/mol. The van der Waals surface area contributed by atoms with Crippen molar-refractivity contribution >= 4 is 22.2 Å². The van der Waals surface area contributed by atoms with Gasteiger partial charge in [0.1, 0.15) is 10.7 Å². The van der Waals surface area contributed by atoms with Gasteiger partial charge in [-0.3, -0.25) is 14.8 Å². The molecule has 4 aromatic rings. The molecule has 3 heterocycles. The maximum absolute atomic E-state index is 12.3. The van der Waals surface area contributed by atoms with Gasteiger partial charge in [-0.15, -0.1) is 11.3 Å². The predicted octanol–water partition coefficient (Wildman–Crippen LogP) is 3.11. The van der Waals surface area contributed by atoms with Gasteiger partial charge in [0.05, 0.1) is 17.5 Å². The summed E-state index contributed by atoms with van der Waals surface area (Å²) in [6.45, 7) is 0. The number of rotatable bonds is 2. The van der Waals surface area contributed by atoms with Crippen LogP contribution in [0.5, 0.6) is 0 Å². The molecule has 1 aromatic carbocycles. The van der Waals surface area contributed by atoms with Crippen LogP contribution in [0.2, 0.25) is 0 Å². The quantitative estimate of drug-likeness (QED) is 0.617. The van der Waals surface area contributed by atoms with E-state index in [-0.39, 0.29) is 5.56 Å². The van der Waals surface area contributed by atoms with Crippen molar-refractivity contribution in [2.45, 2.75) is 0 Å². The van der Waals surface area contributed by atoms with Crippen molar-refractivity contribution in [2.75, 3.05) is 0 Å². The van der Waals surface area contributed by atoms with Crippen molar-refractivity contribution in [3.8, 4) is 22.0 Å². The zero-order chi connectivity index (χ0) is 14.9. The molecule has 0 fully saturated rings. The molecule has 0 bridgehead atoms. The molecule has 0 spiro atoms. The maximum atomic E-state index is 12.3. The van der Waals surface area contributed by atoms with E-state index in [1.807, 2.05) is 35.7 Å². The van der Waals surface area contributed by atoms with E-state index in [1.54, 1.807) is 18.6 Å². The molecular weight excluding hydrogens is 296 g/mol. The van der Waals surface area contributed by atoms with E-state index in [9.17, 15) is 4.79 Å².